The quantitative estimate of drug-likeness (QED) is 0.835. The number of nitrogens with zero attached hydrogens (tertiary/aromatic N) is 8. The van der Waals surface area contributed by atoms with Gasteiger partial charge < -0.3 is 4.90 Å². The van der Waals surface area contributed by atoms with Crippen molar-refractivity contribution in [1.29, 1.82) is 5.26 Å². The van der Waals surface area contributed by atoms with Crippen molar-refractivity contribution in [2.24, 2.45) is 0 Å². The lowest BCUT2D eigenvalue weighted by Crippen LogP contribution is -2.34. The fourth-order valence-corrected chi connectivity index (χ4v) is 3.09. The number of hydrogen-bond acceptors (Lipinski definition) is 7. The minimum atomic E-state index is -0.0863. The lowest BCUT2D eigenvalue weighted by Gasteiger charge is -2.24. The van der Waals surface area contributed by atoms with Gasteiger partial charge in [0, 0.05) is 37.8 Å². The molecule has 0 aromatic carbocycles. The Hall–Kier alpha value is -2.53. The average Bonchev–Trinajstić information content (AvgIpc) is 2.94. The van der Waals surface area contributed by atoms with E-state index in [1.54, 1.807) is 12.3 Å². The molecule has 1 fully saturated rings. The van der Waals surface area contributed by atoms with Gasteiger partial charge >= 0.3 is 0 Å². The Labute approximate surface area is 148 Å². The molecule has 2 aromatic rings. The zero-order valence-electron chi connectivity index (χ0n) is 15.1. The maximum Gasteiger partial charge on any atom is 0.158 e. The summed E-state index contributed by atoms with van der Waals surface area (Å²) >= 11 is 0. The molecule has 132 valence electrons. The molecule has 3 heterocycles. The van der Waals surface area contributed by atoms with Crippen molar-refractivity contribution in [3.8, 4) is 6.07 Å². The van der Waals surface area contributed by atoms with E-state index in [2.05, 4.69) is 57.1 Å². The summed E-state index contributed by atoms with van der Waals surface area (Å²) in [4.78, 5) is 8.95. The van der Waals surface area contributed by atoms with Crippen LogP contribution in [0.1, 0.15) is 38.6 Å². The molecular formula is C17H24N8. The van der Waals surface area contributed by atoms with E-state index >= 15 is 0 Å². The molecule has 1 saturated heterocycles. The Morgan fingerprint density at radius 1 is 1.20 bits per heavy atom. The Bertz CT molecular complexity index is 754. The SMILES string of the molecule is CC(C)(C)c1nnnn1CN1CCCN(c2ncccc2C#N)CC1. The first-order valence-electron chi connectivity index (χ1n) is 8.58. The van der Waals surface area contributed by atoms with Crippen LogP contribution in [0.2, 0.25) is 0 Å². The van der Waals surface area contributed by atoms with Crippen LogP contribution in [0.3, 0.4) is 0 Å². The van der Waals surface area contributed by atoms with Crippen molar-refractivity contribution < 1.29 is 0 Å². The third-order valence-electron chi connectivity index (χ3n) is 4.33. The summed E-state index contributed by atoms with van der Waals surface area (Å²) in [6, 6.07) is 5.86. The molecular weight excluding hydrogens is 316 g/mol. The van der Waals surface area contributed by atoms with Gasteiger partial charge in [0.25, 0.3) is 0 Å². The van der Waals surface area contributed by atoms with E-state index in [4.69, 9.17) is 0 Å². The molecule has 1 aliphatic rings. The Balaban J connectivity index is 1.69. The molecule has 3 rings (SSSR count). The highest BCUT2D eigenvalue weighted by atomic mass is 15.6. The highest BCUT2D eigenvalue weighted by Crippen LogP contribution is 2.20. The van der Waals surface area contributed by atoms with Gasteiger partial charge in [-0.15, -0.1) is 5.10 Å². The number of aromatic nitrogens is 5. The molecule has 1 aliphatic heterocycles. The Kier molecular flexibility index (Phi) is 4.95. The molecule has 0 radical (unpaired) electrons. The number of anilines is 1. The summed E-state index contributed by atoms with van der Waals surface area (Å²) in [7, 11) is 0. The molecule has 0 N–H and O–H groups in total. The molecule has 0 bridgehead atoms. The van der Waals surface area contributed by atoms with E-state index in [9.17, 15) is 5.26 Å². The summed E-state index contributed by atoms with van der Waals surface area (Å²) in [5, 5.41) is 21.5. The lowest BCUT2D eigenvalue weighted by atomic mass is 9.96. The van der Waals surface area contributed by atoms with Crippen molar-refractivity contribution in [3.63, 3.8) is 0 Å². The second-order valence-electron chi connectivity index (χ2n) is 7.34. The van der Waals surface area contributed by atoms with Crippen LogP contribution >= 0.6 is 0 Å². The monoisotopic (exact) mass is 340 g/mol. The van der Waals surface area contributed by atoms with Crippen LogP contribution in [-0.2, 0) is 12.1 Å². The summed E-state index contributed by atoms with van der Waals surface area (Å²) in [5.41, 5.74) is 0.545. The van der Waals surface area contributed by atoms with Gasteiger partial charge in [-0.05, 0) is 29.0 Å². The minimum Gasteiger partial charge on any atom is -0.354 e. The third kappa shape index (κ3) is 3.94. The van der Waals surface area contributed by atoms with Crippen LogP contribution < -0.4 is 4.90 Å². The first-order valence-corrected chi connectivity index (χ1v) is 8.58. The maximum atomic E-state index is 9.30. The highest BCUT2D eigenvalue weighted by molar-refractivity contribution is 5.53. The second kappa shape index (κ2) is 7.15. The van der Waals surface area contributed by atoms with Gasteiger partial charge in [0.05, 0.1) is 12.2 Å². The van der Waals surface area contributed by atoms with Crippen LogP contribution in [0, 0.1) is 11.3 Å². The van der Waals surface area contributed by atoms with Gasteiger partial charge in [0.1, 0.15) is 11.9 Å². The van der Waals surface area contributed by atoms with Gasteiger partial charge in [0.2, 0.25) is 0 Å². The molecule has 0 aliphatic carbocycles. The van der Waals surface area contributed by atoms with Crippen LogP contribution in [0.5, 0.6) is 0 Å². The lowest BCUT2D eigenvalue weighted by molar-refractivity contribution is 0.211. The summed E-state index contributed by atoms with van der Waals surface area (Å²) in [6.45, 7) is 10.6. The molecule has 0 saturated carbocycles. The number of tetrazole rings is 1. The predicted octanol–water partition coefficient (Wildman–Crippen LogP) is 1.41. The number of nitriles is 1. The zero-order valence-corrected chi connectivity index (χ0v) is 15.1. The van der Waals surface area contributed by atoms with Gasteiger partial charge in [-0.3, -0.25) is 4.90 Å². The Morgan fingerprint density at radius 2 is 2.04 bits per heavy atom. The first-order chi connectivity index (χ1) is 12.0. The molecule has 0 spiro atoms. The van der Waals surface area contributed by atoms with E-state index in [0.29, 0.717) is 12.2 Å². The normalized spacial score (nSPS) is 16.5. The molecule has 0 amide bonds. The van der Waals surface area contributed by atoms with Gasteiger partial charge in [-0.2, -0.15) is 5.26 Å². The smallest absolute Gasteiger partial charge is 0.158 e. The van der Waals surface area contributed by atoms with Crippen LogP contribution in [0.25, 0.3) is 0 Å². The van der Waals surface area contributed by atoms with Gasteiger partial charge in [-0.1, -0.05) is 20.8 Å². The number of rotatable bonds is 3. The Morgan fingerprint density at radius 3 is 2.80 bits per heavy atom. The number of pyridine rings is 1. The summed E-state index contributed by atoms with van der Waals surface area (Å²) < 4.78 is 1.89. The predicted molar refractivity (Wildman–Crippen MR) is 93.9 cm³/mol. The van der Waals surface area contributed by atoms with Crippen LogP contribution in [-0.4, -0.2) is 56.3 Å². The van der Waals surface area contributed by atoms with Crippen molar-refractivity contribution in [3.05, 3.63) is 29.7 Å². The van der Waals surface area contributed by atoms with E-state index in [1.807, 2.05) is 10.7 Å². The van der Waals surface area contributed by atoms with Crippen molar-refractivity contribution in [2.45, 2.75) is 39.3 Å². The summed E-state index contributed by atoms with van der Waals surface area (Å²) in [6.07, 6.45) is 2.75. The molecule has 8 nitrogen and oxygen atoms in total. The maximum absolute atomic E-state index is 9.30. The van der Waals surface area contributed by atoms with Crippen molar-refractivity contribution in [2.75, 3.05) is 31.1 Å². The van der Waals surface area contributed by atoms with Crippen molar-refractivity contribution >= 4 is 5.82 Å². The van der Waals surface area contributed by atoms with E-state index in [-0.39, 0.29) is 5.41 Å². The molecule has 8 heteroatoms. The second-order valence-corrected chi connectivity index (χ2v) is 7.34. The average molecular weight is 340 g/mol. The molecule has 25 heavy (non-hydrogen) atoms. The van der Waals surface area contributed by atoms with Crippen LogP contribution in [0.4, 0.5) is 5.82 Å². The fraction of sp³-hybridized carbons (Fsp3) is 0.588. The standard InChI is InChI=1S/C17H24N8/c1-17(2,3)16-20-21-22-25(16)13-23-8-5-9-24(11-10-23)15-14(12-18)6-4-7-19-15/h4,6-7H,5,8-11,13H2,1-3H3. The highest BCUT2D eigenvalue weighted by Gasteiger charge is 2.24. The molecule has 0 unspecified atom stereocenters. The number of hydrogen-bond donors (Lipinski definition) is 0. The molecule has 2 aromatic heterocycles. The van der Waals surface area contributed by atoms with E-state index in [1.165, 1.54) is 0 Å². The van der Waals surface area contributed by atoms with Crippen molar-refractivity contribution in [1.82, 2.24) is 30.1 Å². The third-order valence-corrected chi connectivity index (χ3v) is 4.33. The summed E-state index contributed by atoms with van der Waals surface area (Å²) in [5.74, 6) is 1.68. The van der Waals surface area contributed by atoms with E-state index in [0.717, 1.165) is 44.2 Å². The molecule has 0 atom stereocenters. The van der Waals surface area contributed by atoms with Crippen LogP contribution in [0.15, 0.2) is 18.3 Å². The fourth-order valence-electron chi connectivity index (χ4n) is 3.09. The topological polar surface area (TPSA) is 86.8 Å². The first kappa shape index (κ1) is 17.3. The van der Waals surface area contributed by atoms with Gasteiger partial charge in [0.15, 0.2) is 5.82 Å². The minimum absolute atomic E-state index is 0.0863. The zero-order chi connectivity index (χ0) is 17.9. The largest absolute Gasteiger partial charge is 0.354 e. The van der Waals surface area contributed by atoms with E-state index < -0.39 is 0 Å². The van der Waals surface area contributed by atoms with Gasteiger partial charge in [-0.25, -0.2) is 9.67 Å².